The van der Waals surface area contributed by atoms with Crippen molar-refractivity contribution in [2.24, 2.45) is 0 Å². The minimum Gasteiger partial charge on any atom is -0.492 e. The first kappa shape index (κ1) is 19.0. The Bertz CT molecular complexity index is 1020. The summed E-state index contributed by atoms with van der Waals surface area (Å²) in [7, 11) is 5.56. The van der Waals surface area contributed by atoms with E-state index in [0.717, 1.165) is 66.9 Å². The molecule has 2 aromatic carbocycles. The summed E-state index contributed by atoms with van der Waals surface area (Å²) in [6.07, 6.45) is 1.83. The largest absolute Gasteiger partial charge is 0.492 e. The molecule has 0 radical (unpaired) electrons. The van der Waals surface area contributed by atoms with E-state index in [4.69, 9.17) is 18.9 Å². The fourth-order valence-electron chi connectivity index (χ4n) is 4.64. The average molecular weight is 576 g/mol. The summed E-state index contributed by atoms with van der Waals surface area (Å²) >= 11 is 11.4. The lowest BCUT2D eigenvalue weighted by Gasteiger charge is -2.41. The van der Waals surface area contributed by atoms with Crippen LogP contribution in [-0.2, 0) is 12.8 Å². The molecule has 0 bridgehead atoms. The van der Waals surface area contributed by atoms with E-state index in [1.54, 1.807) is 14.2 Å². The van der Waals surface area contributed by atoms with Crippen LogP contribution in [0.15, 0.2) is 13.4 Å². The third-order valence-electron chi connectivity index (χ3n) is 5.93. The number of ether oxygens (including phenoxy) is 4. The molecule has 148 valence electrons. The van der Waals surface area contributed by atoms with E-state index < -0.39 is 0 Å². The molecule has 0 aromatic heterocycles. The predicted octanol–water partition coefficient (Wildman–Crippen LogP) is 5.47. The number of hydrogen-bond acceptors (Lipinski definition) is 5. The van der Waals surface area contributed by atoms with Crippen molar-refractivity contribution in [3.8, 4) is 34.1 Å². The zero-order chi connectivity index (χ0) is 19.7. The summed E-state index contributed by atoms with van der Waals surface area (Å²) in [4.78, 5) is 2.41. The maximum atomic E-state index is 5.91. The molecule has 8 heteroatoms. The molecule has 2 aromatic rings. The molecule has 0 spiro atoms. The third kappa shape index (κ3) is 2.38. The van der Waals surface area contributed by atoms with Crippen LogP contribution in [0.1, 0.15) is 22.7 Å². The van der Waals surface area contributed by atoms with Crippen molar-refractivity contribution in [3.05, 3.63) is 30.1 Å². The van der Waals surface area contributed by atoms with Crippen molar-refractivity contribution < 1.29 is 18.9 Å². The van der Waals surface area contributed by atoms with Crippen LogP contribution >= 0.6 is 47.8 Å². The monoisotopic (exact) mass is 573 g/mol. The second kappa shape index (κ2) is 6.79. The van der Waals surface area contributed by atoms with Crippen molar-refractivity contribution in [2.75, 3.05) is 34.6 Å². The van der Waals surface area contributed by atoms with Crippen molar-refractivity contribution in [1.29, 1.82) is 0 Å². The molecule has 2 aliphatic heterocycles. The lowest BCUT2D eigenvalue weighted by molar-refractivity contribution is 0.173. The molecule has 1 unspecified atom stereocenters. The van der Waals surface area contributed by atoms with E-state index in [1.165, 1.54) is 16.7 Å². The Morgan fingerprint density at radius 2 is 1.57 bits per heavy atom. The zero-order valence-corrected chi connectivity index (χ0v) is 20.4. The van der Waals surface area contributed by atoms with E-state index in [0.29, 0.717) is 0 Å². The van der Waals surface area contributed by atoms with E-state index in [1.807, 2.05) is 0 Å². The molecular weight excluding hydrogens is 558 g/mol. The van der Waals surface area contributed by atoms with Gasteiger partial charge in [-0.25, -0.2) is 0 Å². The van der Waals surface area contributed by atoms with Gasteiger partial charge in [-0.1, -0.05) is 0 Å². The molecular formula is C20H18Br3NO4. The quantitative estimate of drug-likeness (QED) is 0.475. The Balaban J connectivity index is 1.95. The highest BCUT2D eigenvalue weighted by molar-refractivity contribution is 9.11. The highest BCUT2D eigenvalue weighted by Gasteiger charge is 2.42. The van der Waals surface area contributed by atoms with E-state index in [9.17, 15) is 0 Å². The second-order valence-electron chi connectivity index (χ2n) is 7.14. The Labute approximate surface area is 188 Å². The van der Waals surface area contributed by atoms with Crippen LogP contribution in [0, 0.1) is 0 Å². The maximum absolute atomic E-state index is 5.91. The Hall–Kier alpha value is -0.960. The van der Waals surface area contributed by atoms with Gasteiger partial charge in [-0.05, 0) is 84.4 Å². The molecule has 1 atom stereocenters. The standard InChI is InChI=1S/C20H18Br3NO4/c1-24-5-4-8-11-10(24)6-9-12(13(11)17(25-2)18(26-3)14(8)21)16(23)20-19(15(9)22)27-7-28-20/h10H,4-7H2,1-3H3. The van der Waals surface area contributed by atoms with Gasteiger partial charge in [0.05, 0.1) is 27.6 Å². The van der Waals surface area contributed by atoms with Gasteiger partial charge in [0.1, 0.15) is 0 Å². The number of nitrogens with zero attached hydrogens (tertiary/aromatic N) is 1. The van der Waals surface area contributed by atoms with Gasteiger partial charge in [0.15, 0.2) is 23.0 Å². The van der Waals surface area contributed by atoms with Crippen molar-refractivity contribution in [3.63, 3.8) is 0 Å². The number of halogens is 3. The number of benzene rings is 2. The smallest absolute Gasteiger partial charge is 0.231 e. The number of methoxy groups -OCH3 is 2. The third-order valence-corrected chi connectivity index (χ3v) is 8.36. The lowest BCUT2D eigenvalue weighted by atomic mass is 9.76. The van der Waals surface area contributed by atoms with Crippen LogP contribution in [0.3, 0.4) is 0 Å². The SMILES string of the molecule is COc1c(Br)c2c3c(c1OC)-c1c(Br)c4c(c(Br)c1CC3N(C)CC2)OCO4. The Kier molecular flexibility index (Phi) is 4.61. The van der Waals surface area contributed by atoms with Gasteiger partial charge >= 0.3 is 0 Å². The molecule has 0 amide bonds. The minimum absolute atomic E-state index is 0.220. The summed E-state index contributed by atoms with van der Waals surface area (Å²) in [5.74, 6) is 2.95. The molecule has 0 saturated heterocycles. The predicted molar refractivity (Wildman–Crippen MR) is 117 cm³/mol. The zero-order valence-electron chi connectivity index (χ0n) is 15.6. The molecule has 0 fully saturated rings. The van der Waals surface area contributed by atoms with Crippen LogP contribution in [0.4, 0.5) is 0 Å². The molecule has 3 aliphatic rings. The van der Waals surface area contributed by atoms with Crippen molar-refractivity contribution >= 4 is 47.8 Å². The summed E-state index contributed by atoms with van der Waals surface area (Å²) in [6.45, 7) is 1.21. The highest BCUT2D eigenvalue weighted by Crippen LogP contribution is 2.61. The van der Waals surface area contributed by atoms with Crippen molar-refractivity contribution in [1.82, 2.24) is 4.90 Å². The molecule has 0 N–H and O–H groups in total. The Morgan fingerprint density at radius 1 is 0.893 bits per heavy atom. The second-order valence-corrected chi connectivity index (χ2v) is 9.52. The van der Waals surface area contributed by atoms with Gasteiger partial charge in [-0.3, -0.25) is 4.90 Å². The van der Waals surface area contributed by atoms with Crippen molar-refractivity contribution in [2.45, 2.75) is 18.9 Å². The molecule has 28 heavy (non-hydrogen) atoms. The van der Waals surface area contributed by atoms with Gasteiger partial charge in [-0.2, -0.15) is 0 Å². The van der Waals surface area contributed by atoms with Gasteiger partial charge in [0.25, 0.3) is 0 Å². The van der Waals surface area contributed by atoms with E-state index >= 15 is 0 Å². The van der Waals surface area contributed by atoms with Gasteiger partial charge in [0.2, 0.25) is 6.79 Å². The maximum Gasteiger partial charge on any atom is 0.231 e. The van der Waals surface area contributed by atoms with Crippen LogP contribution in [-0.4, -0.2) is 39.5 Å². The normalized spacial score (nSPS) is 19.3. The fraction of sp³-hybridized carbons (Fsp3) is 0.400. The first-order valence-corrected chi connectivity index (χ1v) is 11.3. The molecule has 0 saturated carbocycles. The molecule has 5 rings (SSSR count). The summed E-state index contributed by atoms with van der Waals surface area (Å²) in [6, 6.07) is 0.255. The number of rotatable bonds is 2. The molecule has 2 heterocycles. The molecule has 5 nitrogen and oxygen atoms in total. The Morgan fingerprint density at radius 3 is 2.25 bits per heavy atom. The van der Waals surface area contributed by atoms with Gasteiger partial charge in [-0.15, -0.1) is 0 Å². The summed E-state index contributed by atoms with van der Waals surface area (Å²) < 4.78 is 26.0. The van der Waals surface area contributed by atoms with Gasteiger partial charge in [0, 0.05) is 23.7 Å². The topological polar surface area (TPSA) is 40.2 Å². The summed E-state index contributed by atoms with van der Waals surface area (Å²) in [5.41, 5.74) is 5.94. The van der Waals surface area contributed by atoms with E-state index in [-0.39, 0.29) is 12.8 Å². The fourth-order valence-corrected chi connectivity index (χ4v) is 6.78. The number of hydrogen-bond donors (Lipinski definition) is 0. The van der Waals surface area contributed by atoms with Crippen LogP contribution < -0.4 is 18.9 Å². The first-order valence-electron chi connectivity index (χ1n) is 8.95. The van der Waals surface area contributed by atoms with Crippen LogP contribution in [0.25, 0.3) is 11.1 Å². The average Bonchev–Trinajstić information content (AvgIpc) is 3.19. The molecule has 1 aliphatic carbocycles. The van der Waals surface area contributed by atoms with Crippen LogP contribution in [0.5, 0.6) is 23.0 Å². The van der Waals surface area contributed by atoms with Gasteiger partial charge < -0.3 is 18.9 Å². The minimum atomic E-state index is 0.220. The van der Waals surface area contributed by atoms with Crippen LogP contribution in [0.2, 0.25) is 0 Å². The van der Waals surface area contributed by atoms with E-state index in [2.05, 4.69) is 59.7 Å². The summed E-state index contributed by atoms with van der Waals surface area (Å²) in [5, 5.41) is 0. The lowest BCUT2D eigenvalue weighted by Crippen LogP contribution is -2.36. The highest BCUT2D eigenvalue weighted by atomic mass is 79.9. The first-order chi connectivity index (χ1) is 13.5. The number of fused-ring (bicyclic) bond motifs is 3. The number of likely N-dealkylation sites (N-methyl/N-ethyl adjacent to an activating group) is 1.